The van der Waals surface area contributed by atoms with Crippen molar-refractivity contribution in [2.24, 2.45) is 0 Å². The second-order valence-electron chi connectivity index (χ2n) is 5.80. The number of esters is 1. The lowest BCUT2D eigenvalue weighted by Gasteiger charge is -2.15. The van der Waals surface area contributed by atoms with E-state index in [0.717, 1.165) is 37.4 Å². The zero-order chi connectivity index (χ0) is 20.1. The molecule has 0 aliphatic carbocycles. The average Bonchev–Trinajstić information content (AvgIpc) is 2.63. The van der Waals surface area contributed by atoms with Crippen molar-refractivity contribution in [3.8, 4) is 0 Å². The van der Waals surface area contributed by atoms with Crippen LogP contribution in [0.1, 0.15) is 33.2 Å². The third-order valence-electron chi connectivity index (χ3n) is 3.76. The van der Waals surface area contributed by atoms with Crippen LogP contribution in [0.5, 0.6) is 0 Å². The highest BCUT2D eigenvalue weighted by molar-refractivity contribution is 5.99. The van der Waals surface area contributed by atoms with Gasteiger partial charge >= 0.3 is 5.97 Å². The van der Waals surface area contributed by atoms with Gasteiger partial charge in [-0.2, -0.15) is 0 Å². The highest BCUT2D eigenvalue weighted by Gasteiger charge is 2.20. The van der Waals surface area contributed by atoms with Crippen LogP contribution >= 0.6 is 0 Å². The summed E-state index contributed by atoms with van der Waals surface area (Å²) in [6.45, 7) is 1.53. The number of hydrogen-bond acceptors (Lipinski definition) is 5. The number of nitro benzene ring substituents is 1. The van der Waals surface area contributed by atoms with Crippen molar-refractivity contribution in [1.29, 1.82) is 0 Å². The summed E-state index contributed by atoms with van der Waals surface area (Å²) < 4.78 is 31.9. The molecule has 2 rings (SSSR count). The predicted molar refractivity (Wildman–Crippen MR) is 91.4 cm³/mol. The van der Waals surface area contributed by atoms with E-state index in [1.807, 2.05) is 0 Å². The Balaban J connectivity index is 2.23. The summed E-state index contributed by atoms with van der Waals surface area (Å²) in [6, 6.07) is 5.90. The van der Waals surface area contributed by atoms with Crippen LogP contribution in [0.4, 0.5) is 14.5 Å². The van der Waals surface area contributed by atoms with E-state index in [-0.39, 0.29) is 23.1 Å². The summed E-state index contributed by atoms with van der Waals surface area (Å²) in [5.41, 5.74) is -0.953. The number of nitrogens with one attached hydrogen (secondary N) is 1. The summed E-state index contributed by atoms with van der Waals surface area (Å²) in [5.74, 6) is -3.04. The highest BCUT2D eigenvalue weighted by atomic mass is 19.1. The summed E-state index contributed by atoms with van der Waals surface area (Å²) in [6.07, 6.45) is -0.122. The molecule has 1 unspecified atom stereocenters. The molecule has 0 bridgehead atoms. The number of carbonyl (C=O) groups is 2. The third kappa shape index (κ3) is 4.84. The van der Waals surface area contributed by atoms with Crippen molar-refractivity contribution in [2.75, 3.05) is 7.11 Å². The van der Waals surface area contributed by atoms with Crippen LogP contribution in [0, 0.1) is 21.7 Å². The quantitative estimate of drug-likeness (QED) is 0.473. The number of rotatable bonds is 6. The van der Waals surface area contributed by atoms with E-state index >= 15 is 0 Å². The number of methoxy groups -OCH3 is 1. The maximum atomic E-state index is 13.7. The van der Waals surface area contributed by atoms with Gasteiger partial charge in [0.1, 0.15) is 11.6 Å². The molecular formula is C18H16F2N2O5. The largest absolute Gasteiger partial charge is 0.465 e. The second kappa shape index (κ2) is 8.35. The molecule has 0 aliphatic rings. The summed E-state index contributed by atoms with van der Waals surface area (Å²) >= 11 is 0. The number of non-ortho nitro benzene ring substituents is 1. The highest BCUT2D eigenvalue weighted by Crippen LogP contribution is 2.19. The van der Waals surface area contributed by atoms with Crippen LogP contribution in [-0.4, -0.2) is 30.0 Å². The van der Waals surface area contributed by atoms with Crippen molar-refractivity contribution >= 4 is 17.6 Å². The maximum Gasteiger partial charge on any atom is 0.338 e. The van der Waals surface area contributed by atoms with E-state index in [2.05, 4.69) is 10.1 Å². The van der Waals surface area contributed by atoms with Crippen LogP contribution in [-0.2, 0) is 11.2 Å². The van der Waals surface area contributed by atoms with E-state index in [1.165, 1.54) is 13.0 Å². The fourth-order valence-electron chi connectivity index (χ4n) is 2.48. The number of carbonyl (C=O) groups excluding carboxylic acids is 2. The Morgan fingerprint density at radius 2 is 1.78 bits per heavy atom. The molecule has 0 heterocycles. The average molecular weight is 378 g/mol. The molecule has 1 atom stereocenters. The van der Waals surface area contributed by atoms with Crippen molar-refractivity contribution in [2.45, 2.75) is 19.4 Å². The predicted octanol–water partition coefficient (Wildman–Crippen LogP) is 3.02. The summed E-state index contributed by atoms with van der Waals surface area (Å²) in [5, 5.41) is 13.5. The molecule has 2 aromatic rings. The van der Waals surface area contributed by atoms with Gasteiger partial charge in [-0.25, -0.2) is 13.6 Å². The molecular weight excluding hydrogens is 362 g/mol. The van der Waals surface area contributed by atoms with Crippen LogP contribution in [0.2, 0.25) is 0 Å². The Kier molecular flexibility index (Phi) is 6.17. The Morgan fingerprint density at radius 3 is 2.33 bits per heavy atom. The zero-order valence-corrected chi connectivity index (χ0v) is 14.5. The first-order chi connectivity index (χ1) is 12.7. The van der Waals surface area contributed by atoms with Gasteiger partial charge in [-0.3, -0.25) is 14.9 Å². The van der Waals surface area contributed by atoms with Gasteiger partial charge in [-0.15, -0.1) is 0 Å². The van der Waals surface area contributed by atoms with Crippen molar-refractivity contribution in [3.05, 3.63) is 74.8 Å². The van der Waals surface area contributed by atoms with Gasteiger partial charge in [0.15, 0.2) is 0 Å². The minimum absolute atomic E-state index is 0.122. The van der Waals surface area contributed by atoms with Gasteiger partial charge in [0.25, 0.3) is 11.6 Å². The van der Waals surface area contributed by atoms with E-state index in [1.54, 1.807) is 0 Å². The van der Waals surface area contributed by atoms with Crippen LogP contribution < -0.4 is 5.32 Å². The van der Waals surface area contributed by atoms with Crippen LogP contribution in [0.3, 0.4) is 0 Å². The number of halogens is 2. The first-order valence-corrected chi connectivity index (χ1v) is 7.84. The van der Waals surface area contributed by atoms with E-state index in [4.69, 9.17) is 0 Å². The van der Waals surface area contributed by atoms with Gasteiger partial charge in [-0.05, 0) is 31.5 Å². The lowest BCUT2D eigenvalue weighted by molar-refractivity contribution is -0.384. The lowest BCUT2D eigenvalue weighted by atomic mass is 10.0. The molecule has 1 amide bonds. The second-order valence-corrected chi connectivity index (χ2v) is 5.80. The smallest absolute Gasteiger partial charge is 0.338 e. The maximum absolute atomic E-state index is 13.7. The Bertz CT molecular complexity index is 881. The Hall–Kier alpha value is -3.36. The molecule has 0 radical (unpaired) electrons. The van der Waals surface area contributed by atoms with Gasteiger partial charge in [0.05, 0.1) is 17.6 Å². The minimum Gasteiger partial charge on any atom is -0.465 e. The molecule has 27 heavy (non-hydrogen) atoms. The first-order valence-electron chi connectivity index (χ1n) is 7.84. The van der Waals surface area contributed by atoms with Crippen molar-refractivity contribution < 1.29 is 28.0 Å². The number of ether oxygens (including phenoxy) is 1. The number of nitrogens with zero attached hydrogens (tertiary/aromatic N) is 1. The normalized spacial score (nSPS) is 11.6. The fraction of sp³-hybridized carbons (Fsp3) is 0.222. The molecule has 0 saturated heterocycles. The van der Waals surface area contributed by atoms with Crippen molar-refractivity contribution in [3.63, 3.8) is 0 Å². The van der Waals surface area contributed by atoms with Crippen LogP contribution in [0.25, 0.3) is 0 Å². The molecule has 0 aliphatic heterocycles. The third-order valence-corrected chi connectivity index (χ3v) is 3.76. The molecule has 0 aromatic heterocycles. The summed E-state index contributed by atoms with van der Waals surface area (Å²) in [4.78, 5) is 34.3. The minimum atomic E-state index is -0.839. The van der Waals surface area contributed by atoms with E-state index in [0.29, 0.717) is 0 Å². The monoisotopic (exact) mass is 378 g/mol. The molecule has 1 N–H and O–H groups in total. The number of benzene rings is 2. The Morgan fingerprint density at radius 1 is 1.19 bits per heavy atom. The molecule has 142 valence electrons. The summed E-state index contributed by atoms with van der Waals surface area (Å²) in [7, 11) is 1.10. The van der Waals surface area contributed by atoms with E-state index < -0.39 is 40.2 Å². The molecule has 9 heteroatoms. The first kappa shape index (κ1) is 20.0. The molecule has 2 aromatic carbocycles. The number of amides is 1. The zero-order valence-electron chi connectivity index (χ0n) is 14.5. The molecule has 0 saturated carbocycles. The number of nitro groups is 1. The standard InChI is InChI=1S/C18H16F2N2O5/c1-10(6-14-15(19)4-3-5-16(14)20)21-17(23)11-7-12(18(24)27-2)9-13(8-11)22(25)26/h3-5,7-10H,6H2,1-2H3,(H,21,23). The van der Waals surface area contributed by atoms with Gasteiger partial charge in [0, 0.05) is 29.3 Å². The van der Waals surface area contributed by atoms with Gasteiger partial charge < -0.3 is 10.1 Å². The fourth-order valence-corrected chi connectivity index (χ4v) is 2.48. The van der Waals surface area contributed by atoms with Gasteiger partial charge in [-0.1, -0.05) is 6.07 Å². The van der Waals surface area contributed by atoms with E-state index in [9.17, 15) is 28.5 Å². The SMILES string of the molecule is COC(=O)c1cc(C(=O)NC(C)Cc2c(F)cccc2F)cc([N+](=O)[O-])c1. The lowest BCUT2D eigenvalue weighted by Crippen LogP contribution is -2.34. The Labute approximate surface area is 153 Å². The van der Waals surface area contributed by atoms with Gasteiger partial charge in [0.2, 0.25) is 0 Å². The topological polar surface area (TPSA) is 98.5 Å². The van der Waals surface area contributed by atoms with Crippen LogP contribution in [0.15, 0.2) is 36.4 Å². The molecule has 7 nitrogen and oxygen atoms in total. The number of hydrogen-bond donors (Lipinski definition) is 1. The molecule has 0 fully saturated rings. The molecule has 0 spiro atoms. The van der Waals surface area contributed by atoms with Crippen molar-refractivity contribution in [1.82, 2.24) is 5.32 Å².